The molecule has 0 bridgehead atoms. The van der Waals surface area contributed by atoms with E-state index in [1.807, 2.05) is 26.8 Å². The van der Waals surface area contributed by atoms with Gasteiger partial charge in [0.15, 0.2) is 0 Å². The van der Waals surface area contributed by atoms with Crippen LogP contribution in [0.15, 0.2) is 23.1 Å². The van der Waals surface area contributed by atoms with Gasteiger partial charge in [-0.3, -0.25) is 4.79 Å². The van der Waals surface area contributed by atoms with E-state index in [0.717, 1.165) is 16.9 Å². The maximum Gasteiger partial charge on any atom is 0.410 e. The molecule has 24 heavy (non-hydrogen) atoms. The third-order valence-corrected chi connectivity index (χ3v) is 4.64. The van der Waals surface area contributed by atoms with Crippen LogP contribution in [0.1, 0.15) is 38.3 Å². The van der Waals surface area contributed by atoms with E-state index < -0.39 is 5.60 Å². The first-order valence-corrected chi connectivity index (χ1v) is 9.06. The average molecular weight is 351 g/mol. The van der Waals surface area contributed by atoms with Crippen LogP contribution >= 0.6 is 11.8 Å². The number of nitrogens with zero attached hydrogens (tertiary/aromatic N) is 1. The molecular formula is C18H25NO4S. The van der Waals surface area contributed by atoms with Gasteiger partial charge in [-0.1, -0.05) is 6.07 Å². The van der Waals surface area contributed by atoms with E-state index in [4.69, 9.17) is 4.74 Å². The van der Waals surface area contributed by atoms with E-state index in [9.17, 15) is 9.59 Å². The predicted octanol–water partition coefficient (Wildman–Crippen LogP) is 3.64. The van der Waals surface area contributed by atoms with Crippen LogP contribution in [0.2, 0.25) is 0 Å². The van der Waals surface area contributed by atoms with Crippen LogP contribution in [0.25, 0.3) is 0 Å². The predicted molar refractivity (Wildman–Crippen MR) is 94.1 cm³/mol. The van der Waals surface area contributed by atoms with Crippen LogP contribution in [0.4, 0.5) is 4.79 Å². The zero-order valence-corrected chi connectivity index (χ0v) is 15.6. The van der Waals surface area contributed by atoms with Crippen LogP contribution in [0, 0.1) is 0 Å². The summed E-state index contributed by atoms with van der Waals surface area (Å²) in [6.45, 7) is 6.87. The van der Waals surface area contributed by atoms with Gasteiger partial charge in [0.2, 0.25) is 0 Å². The summed E-state index contributed by atoms with van der Waals surface area (Å²) in [5.41, 5.74) is 1.94. The monoisotopic (exact) mass is 351 g/mol. The number of methoxy groups -OCH3 is 1. The molecule has 1 aliphatic rings. The highest BCUT2D eigenvalue weighted by molar-refractivity contribution is 7.99. The summed E-state index contributed by atoms with van der Waals surface area (Å²) >= 11 is 1.65. The Labute approximate surface area is 147 Å². The number of rotatable bonds is 4. The van der Waals surface area contributed by atoms with Gasteiger partial charge in [-0.2, -0.15) is 0 Å². The fourth-order valence-electron chi connectivity index (χ4n) is 2.46. The smallest absolute Gasteiger partial charge is 0.410 e. The minimum atomic E-state index is -0.475. The molecule has 0 spiro atoms. The molecule has 0 saturated heterocycles. The standard InChI is InChI=1S/C18H25NO4S/c1-18(2,3)23-17(21)19-9-7-13-11-15(6-5-14(13)12-19)24-10-8-16(20)22-4/h5-6,11H,7-10,12H2,1-4H3. The molecule has 2 rings (SSSR count). The molecule has 1 aromatic carbocycles. The Kier molecular flexibility index (Phi) is 6.15. The second-order valence-corrected chi connectivity index (χ2v) is 7.93. The van der Waals surface area contributed by atoms with E-state index in [-0.39, 0.29) is 12.1 Å². The van der Waals surface area contributed by atoms with Gasteiger partial charge in [-0.25, -0.2) is 4.79 Å². The summed E-state index contributed by atoms with van der Waals surface area (Å²) in [6, 6.07) is 6.26. The highest BCUT2D eigenvalue weighted by Crippen LogP contribution is 2.27. The van der Waals surface area contributed by atoms with Gasteiger partial charge in [-0.05, 0) is 50.5 Å². The molecule has 5 nitrogen and oxygen atoms in total. The number of carbonyl (C=O) groups excluding carboxylic acids is 2. The lowest BCUT2D eigenvalue weighted by Gasteiger charge is -2.31. The Morgan fingerprint density at radius 3 is 2.67 bits per heavy atom. The first-order chi connectivity index (χ1) is 11.3. The minimum absolute atomic E-state index is 0.187. The molecule has 0 unspecified atom stereocenters. The Hall–Kier alpha value is -1.69. The molecule has 0 aromatic heterocycles. The molecule has 1 heterocycles. The van der Waals surface area contributed by atoms with Gasteiger partial charge in [-0.15, -0.1) is 11.8 Å². The highest BCUT2D eigenvalue weighted by Gasteiger charge is 2.25. The molecule has 0 atom stereocenters. The Balaban J connectivity index is 1.94. The van der Waals surface area contributed by atoms with E-state index in [1.54, 1.807) is 16.7 Å². The first kappa shape index (κ1) is 18.6. The van der Waals surface area contributed by atoms with Crippen molar-refractivity contribution >= 4 is 23.8 Å². The summed E-state index contributed by atoms with van der Waals surface area (Å²) in [4.78, 5) is 26.2. The summed E-state index contributed by atoms with van der Waals surface area (Å²) in [5, 5.41) is 0. The van der Waals surface area contributed by atoms with Crippen LogP contribution in [0.5, 0.6) is 0 Å². The van der Waals surface area contributed by atoms with E-state index in [2.05, 4.69) is 16.9 Å². The number of thioether (sulfide) groups is 1. The van der Waals surface area contributed by atoms with Gasteiger partial charge in [0.05, 0.1) is 13.5 Å². The number of fused-ring (bicyclic) bond motifs is 1. The SMILES string of the molecule is COC(=O)CCSc1ccc2c(c1)CCN(C(=O)OC(C)(C)C)C2. The van der Waals surface area contributed by atoms with Crippen LogP contribution < -0.4 is 0 Å². The van der Waals surface area contributed by atoms with E-state index in [1.165, 1.54) is 12.7 Å². The van der Waals surface area contributed by atoms with Crippen molar-refractivity contribution in [3.8, 4) is 0 Å². The molecule has 1 aliphatic heterocycles. The van der Waals surface area contributed by atoms with Crippen LogP contribution in [-0.2, 0) is 27.2 Å². The van der Waals surface area contributed by atoms with Crippen molar-refractivity contribution in [1.82, 2.24) is 4.90 Å². The van der Waals surface area contributed by atoms with Crippen LogP contribution in [0.3, 0.4) is 0 Å². The molecule has 0 radical (unpaired) electrons. The lowest BCUT2D eigenvalue weighted by molar-refractivity contribution is -0.140. The number of hydrogen-bond donors (Lipinski definition) is 0. The Bertz CT molecular complexity index is 610. The van der Waals surface area contributed by atoms with E-state index >= 15 is 0 Å². The lowest BCUT2D eigenvalue weighted by atomic mass is 10.0. The van der Waals surface area contributed by atoms with E-state index in [0.29, 0.717) is 25.3 Å². The summed E-state index contributed by atoms with van der Waals surface area (Å²) in [6.07, 6.45) is 0.967. The van der Waals surface area contributed by atoms with Crippen molar-refractivity contribution in [3.05, 3.63) is 29.3 Å². The van der Waals surface area contributed by atoms with Crippen molar-refractivity contribution in [3.63, 3.8) is 0 Å². The second kappa shape index (κ2) is 7.92. The quantitative estimate of drug-likeness (QED) is 0.612. The third-order valence-electron chi connectivity index (χ3n) is 3.64. The molecular weight excluding hydrogens is 326 g/mol. The zero-order chi connectivity index (χ0) is 17.7. The molecule has 1 amide bonds. The minimum Gasteiger partial charge on any atom is -0.469 e. The molecule has 0 fully saturated rings. The maximum atomic E-state index is 12.2. The van der Waals surface area contributed by atoms with Gasteiger partial charge >= 0.3 is 12.1 Å². The van der Waals surface area contributed by atoms with Crippen molar-refractivity contribution in [1.29, 1.82) is 0 Å². The van der Waals surface area contributed by atoms with Crippen molar-refractivity contribution in [2.75, 3.05) is 19.4 Å². The number of hydrogen-bond acceptors (Lipinski definition) is 5. The Morgan fingerprint density at radius 2 is 2.00 bits per heavy atom. The fourth-order valence-corrected chi connectivity index (χ4v) is 3.35. The first-order valence-electron chi connectivity index (χ1n) is 8.08. The number of benzene rings is 1. The number of ether oxygens (including phenoxy) is 2. The van der Waals surface area contributed by atoms with Gasteiger partial charge < -0.3 is 14.4 Å². The largest absolute Gasteiger partial charge is 0.469 e. The Morgan fingerprint density at radius 1 is 1.25 bits per heavy atom. The van der Waals surface area contributed by atoms with Crippen molar-refractivity contribution in [2.24, 2.45) is 0 Å². The molecule has 1 aromatic rings. The number of carbonyl (C=O) groups is 2. The van der Waals surface area contributed by atoms with Crippen molar-refractivity contribution < 1.29 is 19.1 Å². The highest BCUT2D eigenvalue weighted by atomic mass is 32.2. The zero-order valence-electron chi connectivity index (χ0n) is 14.8. The summed E-state index contributed by atoms with van der Waals surface area (Å²) < 4.78 is 10.1. The number of esters is 1. The van der Waals surface area contributed by atoms with Crippen molar-refractivity contribution in [2.45, 2.75) is 50.7 Å². The fraction of sp³-hybridized carbons (Fsp3) is 0.556. The molecule has 0 aliphatic carbocycles. The third kappa shape index (κ3) is 5.44. The van der Waals surface area contributed by atoms with Gasteiger partial charge in [0.1, 0.15) is 5.60 Å². The molecule has 0 N–H and O–H groups in total. The number of amides is 1. The van der Waals surface area contributed by atoms with Gasteiger partial charge in [0.25, 0.3) is 0 Å². The van der Waals surface area contributed by atoms with Crippen LogP contribution in [-0.4, -0.2) is 42.0 Å². The summed E-state index contributed by atoms with van der Waals surface area (Å²) in [7, 11) is 1.41. The maximum absolute atomic E-state index is 12.2. The molecule has 0 saturated carbocycles. The average Bonchev–Trinajstić information content (AvgIpc) is 2.52. The summed E-state index contributed by atoms with van der Waals surface area (Å²) in [5.74, 6) is 0.517. The second-order valence-electron chi connectivity index (χ2n) is 6.76. The lowest BCUT2D eigenvalue weighted by Crippen LogP contribution is -2.39. The van der Waals surface area contributed by atoms with Gasteiger partial charge in [0, 0.05) is 23.7 Å². The normalized spacial score (nSPS) is 14.1. The topological polar surface area (TPSA) is 55.8 Å². The molecule has 132 valence electrons. The molecule has 6 heteroatoms.